The Hall–Kier alpha value is -2.37. The number of benzene rings is 1. The highest BCUT2D eigenvalue weighted by atomic mass is 16.5. The highest BCUT2D eigenvalue weighted by molar-refractivity contribution is 5.89. The molecule has 25 heavy (non-hydrogen) atoms. The van der Waals surface area contributed by atoms with Gasteiger partial charge in [-0.15, -0.1) is 0 Å². The summed E-state index contributed by atoms with van der Waals surface area (Å²) in [5, 5.41) is 2.97. The van der Waals surface area contributed by atoms with Crippen LogP contribution in [0.5, 0.6) is 0 Å². The third-order valence-corrected chi connectivity index (χ3v) is 4.46. The van der Waals surface area contributed by atoms with E-state index in [0.29, 0.717) is 31.4 Å². The molecular weight excluding hydrogens is 320 g/mol. The number of ether oxygens (including phenoxy) is 1. The van der Waals surface area contributed by atoms with Crippen LogP contribution in [0.25, 0.3) is 0 Å². The van der Waals surface area contributed by atoms with Crippen LogP contribution in [-0.2, 0) is 20.7 Å². The highest BCUT2D eigenvalue weighted by Gasteiger charge is 2.24. The molecule has 1 aromatic carbocycles. The number of hydrogen-bond donors (Lipinski definition) is 1. The van der Waals surface area contributed by atoms with Gasteiger partial charge in [-0.25, -0.2) is 4.79 Å². The van der Waals surface area contributed by atoms with Crippen molar-refractivity contribution in [2.45, 2.75) is 45.1 Å². The van der Waals surface area contributed by atoms with Gasteiger partial charge < -0.3 is 15.0 Å². The molecule has 1 atom stereocenters. The Balaban J connectivity index is 1.83. The van der Waals surface area contributed by atoms with Crippen molar-refractivity contribution in [1.82, 2.24) is 10.2 Å². The Morgan fingerprint density at radius 3 is 2.60 bits per heavy atom. The Morgan fingerprint density at radius 2 is 1.96 bits per heavy atom. The summed E-state index contributed by atoms with van der Waals surface area (Å²) in [7, 11) is 1.35. The molecule has 136 valence electrons. The Bertz CT molecular complexity index is 612. The van der Waals surface area contributed by atoms with Gasteiger partial charge in [-0.2, -0.15) is 0 Å². The molecule has 6 nitrogen and oxygen atoms in total. The van der Waals surface area contributed by atoms with Gasteiger partial charge in [0.1, 0.15) is 0 Å². The van der Waals surface area contributed by atoms with Gasteiger partial charge in [-0.3, -0.25) is 9.59 Å². The summed E-state index contributed by atoms with van der Waals surface area (Å²) < 4.78 is 4.67. The van der Waals surface area contributed by atoms with Crippen LogP contribution in [0.4, 0.5) is 0 Å². The Morgan fingerprint density at radius 1 is 1.24 bits per heavy atom. The number of rotatable bonds is 6. The zero-order valence-corrected chi connectivity index (χ0v) is 14.9. The quantitative estimate of drug-likeness (QED) is 0.799. The molecule has 6 heteroatoms. The summed E-state index contributed by atoms with van der Waals surface area (Å²) >= 11 is 0. The number of amides is 2. The zero-order chi connectivity index (χ0) is 18.2. The molecule has 0 aliphatic carbocycles. The molecule has 1 fully saturated rings. The van der Waals surface area contributed by atoms with Crippen LogP contribution in [0.15, 0.2) is 24.3 Å². The molecule has 0 aromatic heterocycles. The van der Waals surface area contributed by atoms with Crippen LogP contribution in [-0.4, -0.2) is 48.9 Å². The maximum absolute atomic E-state index is 12.4. The fourth-order valence-electron chi connectivity index (χ4n) is 2.99. The van der Waals surface area contributed by atoms with Gasteiger partial charge in [-0.1, -0.05) is 19.1 Å². The second-order valence-electron chi connectivity index (χ2n) is 6.29. The molecule has 1 heterocycles. The van der Waals surface area contributed by atoms with Crippen LogP contribution < -0.4 is 5.32 Å². The van der Waals surface area contributed by atoms with E-state index in [2.05, 4.69) is 10.1 Å². The number of carbonyl (C=O) groups is 3. The summed E-state index contributed by atoms with van der Waals surface area (Å²) in [6.45, 7) is 3.16. The van der Waals surface area contributed by atoms with Gasteiger partial charge in [0.2, 0.25) is 11.8 Å². The van der Waals surface area contributed by atoms with Gasteiger partial charge in [0.05, 0.1) is 12.7 Å². The van der Waals surface area contributed by atoms with E-state index in [-0.39, 0.29) is 23.8 Å². The smallest absolute Gasteiger partial charge is 0.337 e. The first-order valence-corrected chi connectivity index (χ1v) is 8.78. The second kappa shape index (κ2) is 9.20. The maximum Gasteiger partial charge on any atom is 0.337 e. The number of likely N-dealkylation sites (tertiary alicyclic amines) is 1. The summed E-state index contributed by atoms with van der Waals surface area (Å²) in [5.41, 5.74) is 1.51. The molecule has 0 bridgehead atoms. The normalized spacial score (nSPS) is 17.0. The predicted molar refractivity (Wildman–Crippen MR) is 94.1 cm³/mol. The van der Waals surface area contributed by atoms with Crippen LogP contribution in [0.2, 0.25) is 0 Å². The van der Waals surface area contributed by atoms with Crippen molar-refractivity contribution in [2.24, 2.45) is 0 Å². The fraction of sp³-hybridized carbons (Fsp3) is 0.526. The number of nitrogens with zero attached hydrogens (tertiary/aromatic N) is 1. The fourth-order valence-corrected chi connectivity index (χ4v) is 2.99. The standard InChI is InChI=1S/C19H26N2O4/c1-3-17(22)20-16-5-4-12-21(13-16)18(23)11-8-14-6-9-15(10-7-14)19(24)25-2/h6-7,9-10,16H,3-5,8,11-13H2,1-2H3,(H,20,22). The molecule has 2 rings (SSSR count). The zero-order valence-electron chi connectivity index (χ0n) is 14.9. The van der Waals surface area contributed by atoms with E-state index in [0.717, 1.165) is 24.9 Å². The van der Waals surface area contributed by atoms with Crippen molar-refractivity contribution in [3.05, 3.63) is 35.4 Å². The lowest BCUT2D eigenvalue weighted by Gasteiger charge is -2.33. The summed E-state index contributed by atoms with van der Waals surface area (Å²) in [6, 6.07) is 7.18. The summed E-state index contributed by atoms with van der Waals surface area (Å²) in [5.74, 6) is -0.228. The number of esters is 1. The van der Waals surface area contributed by atoms with Crippen molar-refractivity contribution in [2.75, 3.05) is 20.2 Å². The molecule has 0 spiro atoms. The van der Waals surface area contributed by atoms with Gasteiger partial charge in [0, 0.05) is 32.0 Å². The van der Waals surface area contributed by atoms with Gasteiger partial charge in [0.25, 0.3) is 0 Å². The Labute approximate surface area is 148 Å². The molecule has 1 saturated heterocycles. The van der Waals surface area contributed by atoms with Gasteiger partial charge in [0.15, 0.2) is 0 Å². The van der Waals surface area contributed by atoms with E-state index >= 15 is 0 Å². The topological polar surface area (TPSA) is 75.7 Å². The lowest BCUT2D eigenvalue weighted by Crippen LogP contribution is -2.49. The van der Waals surface area contributed by atoms with Crippen molar-refractivity contribution in [1.29, 1.82) is 0 Å². The minimum atomic E-state index is -0.365. The average molecular weight is 346 g/mol. The molecule has 1 aliphatic heterocycles. The van der Waals surface area contributed by atoms with Gasteiger partial charge >= 0.3 is 5.97 Å². The van der Waals surface area contributed by atoms with E-state index in [1.54, 1.807) is 12.1 Å². The number of methoxy groups -OCH3 is 1. The molecule has 2 amide bonds. The van der Waals surface area contributed by atoms with Crippen LogP contribution >= 0.6 is 0 Å². The van der Waals surface area contributed by atoms with Crippen molar-refractivity contribution < 1.29 is 19.1 Å². The molecular formula is C19H26N2O4. The molecule has 1 aromatic rings. The average Bonchev–Trinajstić information content (AvgIpc) is 2.66. The maximum atomic E-state index is 12.4. The number of aryl methyl sites for hydroxylation is 1. The first-order valence-electron chi connectivity index (χ1n) is 8.78. The van der Waals surface area contributed by atoms with Crippen molar-refractivity contribution in [3.8, 4) is 0 Å². The lowest BCUT2D eigenvalue weighted by atomic mass is 10.0. The molecule has 1 N–H and O–H groups in total. The number of nitrogens with one attached hydrogen (secondary N) is 1. The van der Waals surface area contributed by atoms with Crippen molar-refractivity contribution >= 4 is 17.8 Å². The van der Waals surface area contributed by atoms with E-state index in [9.17, 15) is 14.4 Å². The summed E-state index contributed by atoms with van der Waals surface area (Å²) in [6.07, 6.45) is 3.35. The first-order chi connectivity index (χ1) is 12.0. The van der Waals surface area contributed by atoms with Crippen LogP contribution in [0.3, 0.4) is 0 Å². The SMILES string of the molecule is CCC(=O)NC1CCCN(C(=O)CCc2ccc(C(=O)OC)cc2)C1. The van der Waals surface area contributed by atoms with Crippen LogP contribution in [0, 0.1) is 0 Å². The second-order valence-corrected chi connectivity index (χ2v) is 6.29. The van der Waals surface area contributed by atoms with E-state index in [1.165, 1.54) is 7.11 Å². The lowest BCUT2D eigenvalue weighted by molar-refractivity contribution is -0.133. The van der Waals surface area contributed by atoms with Gasteiger partial charge in [-0.05, 0) is 37.0 Å². The molecule has 0 radical (unpaired) electrons. The number of piperidine rings is 1. The number of carbonyl (C=O) groups excluding carboxylic acids is 3. The minimum absolute atomic E-state index is 0.0324. The third-order valence-electron chi connectivity index (χ3n) is 4.46. The van der Waals surface area contributed by atoms with Crippen LogP contribution in [0.1, 0.15) is 48.5 Å². The van der Waals surface area contributed by atoms with E-state index in [4.69, 9.17) is 0 Å². The minimum Gasteiger partial charge on any atom is -0.465 e. The third kappa shape index (κ3) is 5.59. The summed E-state index contributed by atoms with van der Waals surface area (Å²) in [4.78, 5) is 37.2. The molecule has 1 unspecified atom stereocenters. The predicted octanol–water partition coefficient (Wildman–Crippen LogP) is 1.92. The molecule has 0 saturated carbocycles. The first kappa shape index (κ1) is 19.0. The van der Waals surface area contributed by atoms with E-state index in [1.807, 2.05) is 24.0 Å². The Kier molecular flexibility index (Phi) is 6.98. The van der Waals surface area contributed by atoms with Crippen molar-refractivity contribution in [3.63, 3.8) is 0 Å². The number of hydrogen-bond acceptors (Lipinski definition) is 4. The highest BCUT2D eigenvalue weighted by Crippen LogP contribution is 2.14. The largest absolute Gasteiger partial charge is 0.465 e. The monoisotopic (exact) mass is 346 g/mol. The van der Waals surface area contributed by atoms with E-state index < -0.39 is 0 Å². The molecule has 1 aliphatic rings.